The summed E-state index contributed by atoms with van der Waals surface area (Å²) >= 11 is 1.34. The average molecular weight is 558 g/mol. The van der Waals surface area contributed by atoms with Crippen molar-refractivity contribution in [2.24, 2.45) is 0 Å². The van der Waals surface area contributed by atoms with E-state index in [1.807, 2.05) is 36.4 Å². The molecule has 0 radical (unpaired) electrons. The molecular formula is C28H23N5O6S. The predicted octanol–water partition coefficient (Wildman–Crippen LogP) is 5.46. The van der Waals surface area contributed by atoms with Gasteiger partial charge in [0.15, 0.2) is 5.76 Å². The van der Waals surface area contributed by atoms with Gasteiger partial charge in [0, 0.05) is 30.1 Å². The maximum absolute atomic E-state index is 12.6. The van der Waals surface area contributed by atoms with Gasteiger partial charge in [-0.1, -0.05) is 12.1 Å². The Morgan fingerprint density at radius 3 is 2.70 bits per heavy atom. The topological polar surface area (TPSA) is 122 Å². The van der Waals surface area contributed by atoms with E-state index in [4.69, 9.17) is 23.4 Å². The number of hydrogen-bond donors (Lipinski definition) is 1. The van der Waals surface area contributed by atoms with Crippen LogP contribution >= 0.6 is 11.3 Å². The molecule has 40 heavy (non-hydrogen) atoms. The lowest BCUT2D eigenvalue weighted by Crippen LogP contribution is -2.12. The number of anilines is 1. The Bertz CT molecular complexity index is 1790. The Balaban J connectivity index is 1.21. The molecule has 1 amide bonds. The monoisotopic (exact) mass is 557 g/mol. The highest BCUT2D eigenvalue weighted by Crippen LogP contribution is 2.37. The number of rotatable bonds is 9. The van der Waals surface area contributed by atoms with Crippen molar-refractivity contribution in [3.8, 4) is 34.0 Å². The Morgan fingerprint density at radius 1 is 1.05 bits per heavy atom. The quantitative estimate of drug-likeness (QED) is 0.247. The number of aromatic nitrogens is 4. The van der Waals surface area contributed by atoms with Crippen LogP contribution in [-0.4, -0.2) is 46.8 Å². The van der Waals surface area contributed by atoms with Crippen LogP contribution in [0.15, 0.2) is 71.4 Å². The Labute approximate surface area is 231 Å². The summed E-state index contributed by atoms with van der Waals surface area (Å²) in [5, 5.41) is 8.51. The molecule has 0 saturated heterocycles. The molecule has 12 heteroatoms. The lowest BCUT2D eigenvalue weighted by Gasteiger charge is -2.11. The zero-order valence-corrected chi connectivity index (χ0v) is 22.5. The van der Waals surface area contributed by atoms with Gasteiger partial charge >= 0.3 is 0 Å². The first-order chi connectivity index (χ1) is 19.5. The zero-order chi connectivity index (χ0) is 27.6. The fraction of sp³-hybridized carbons (Fsp3) is 0.143. The van der Waals surface area contributed by atoms with Crippen molar-refractivity contribution in [3.05, 3.63) is 78.1 Å². The summed E-state index contributed by atoms with van der Waals surface area (Å²) in [6, 6.07) is 16.2. The van der Waals surface area contributed by atoms with Gasteiger partial charge in [0.2, 0.25) is 10.8 Å². The summed E-state index contributed by atoms with van der Waals surface area (Å²) in [5.41, 5.74) is 3.15. The summed E-state index contributed by atoms with van der Waals surface area (Å²) < 4.78 is 29.7. The Kier molecular flexibility index (Phi) is 6.66. The fourth-order valence-corrected chi connectivity index (χ4v) is 4.77. The van der Waals surface area contributed by atoms with Gasteiger partial charge in [-0.25, -0.2) is 14.5 Å². The van der Waals surface area contributed by atoms with E-state index in [-0.39, 0.29) is 12.5 Å². The molecular weight excluding hydrogens is 534 g/mol. The molecule has 0 spiro atoms. The molecule has 4 aromatic heterocycles. The summed E-state index contributed by atoms with van der Waals surface area (Å²) in [7, 11) is 4.68. The van der Waals surface area contributed by atoms with Crippen LogP contribution in [0.1, 0.15) is 15.9 Å². The number of nitrogens with one attached hydrogen (secondary N) is 1. The summed E-state index contributed by atoms with van der Waals surface area (Å²) in [5.74, 6) is 1.91. The predicted molar refractivity (Wildman–Crippen MR) is 149 cm³/mol. The number of hydrogen-bond acceptors (Lipinski definition) is 10. The number of amides is 1. The van der Waals surface area contributed by atoms with E-state index >= 15 is 0 Å². The molecule has 1 N–H and O–H groups in total. The maximum atomic E-state index is 12.6. The fourth-order valence-electron chi connectivity index (χ4n) is 4.07. The van der Waals surface area contributed by atoms with Gasteiger partial charge in [-0.15, -0.1) is 5.10 Å². The number of pyridine rings is 1. The van der Waals surface area contributed by atoms with Crippen LogP contribution < -0.4 is 24.3 Å². The summed E-state index contributed by atoms with van der Waals surface area (Å²) in [6.45, 7) is 0.251. The minimum Gasteiger partial charge on any atom is -0.496 e. The molecule has 2 aromatic carbocycles. The molecule has 11 nitrogen and oxygen atoms in total. The van der Waals surface area contributed by atoms with Crippen LogP contribution in [0.4, 0.5) is 5.69 Å². The first kappa shape index (κ1) is 25.2. The first-order valence-electron chi connectivity index (χ1n) is 12.1. The van der Waals surface area contributed by atoms with E-state index in [1.54, 1.807) is 43.1 Å². The number of furan rings is 1. The van der Waals surface area contributed by atoms with Gasteiger partial charge < -0.3 is 28.7 Å². The van der Waals surface area contributed by atoms with Gasteiger partial charge in [0.1, 0.15) is 29.4 Å². The highest BCUT2D eigenvalue weighted by atomic mass is 32.1. The van der Waals surface area contributed by atoms with Crippen LogP contribution in [-0.2, 0) is 6.61 Å². The number of carbonyl (C=O) groups excluding carboxylic acids is 1. The highest BCUT2D eigenvalue weighted by molar-refractivity contribution is 7.18. The van der Waals surface area contributed by atoms with Crippen molar-refractivity contribution in [3.63, 3.8) is 0 Å². The minimum atomic E-state index is -0.276. The average Bonchev–Trinajstić information content (AvgIpc) is 3.69. The van der Waals surface area contributed by atoms with E-state index in [0.29, 0.717) is 55.8 Å². The normalized spacial score (nSPS) is 11.1. The van der Waals surface area contributed by atoms with Crippen molar-refractivity contribution >= 4 is 38.9 Å². The molecule has 0 unspecified atom stereocenters. The third-order valence-electron chi connectivity index (χ3n) is 6.05. The van der Waals surface area contributed by atoms with Crippen molar-refractivity contribution in [2.45, 2.75) is 6.61 Å². The maximum Gasteiger partial charge on any atom is 0.294 e. The largest absolute Gasteiger partial charge is 0.496 e. The van der Waals surface area contributed by atoms with E-state index in [9.17, 15) is 4.79 Å². The number of imidazole rings is 1. The summed E-state index contributed by atoms with van der Waals surface area (Å²) in [6.07, 6.45) is 3.25. The third-order valence-corrected chi connectivity index (χ3v) is 6.93. The molecule has 0 saturated carbocycles. The van der Waals surface area contributed by atoms with Gasteiger partial charge in [-0.3, -0.25) is 4.79 Å². The van der Waals surface area contributed by atoms with Crippen LogP contribution in [0.25, 0.3) is 27.4 Å². The van der Waals surface area contributed by atoms with E-state index in [1.165, 1.54) is 24.6 Å². The SMILES string of the molecule is COc1cc(OCc2cccc(NC(=O)c3ccc(OC)nc3)c2)c2cc(-c3cn4nc(OC)sc4n3)oc2c1. The second-order valence-corrected chi connectivity index (χ2v) is 9.52. The van der Waals surface area contributed by atoms with E-state index in [2.05, 4.69) is 20.4 Å². The van der Waals surface area contributed by atoms with Crippen LogP contribution in [0.3, 0.4) is 0 Å². The second-order valence-electron chi connectivity index (χ2n) is 8.61. The first-order valence-corrected chi connectivity index (χ1v) is 12.9. The minimum absolute atomic E-state index is 0.251. The number of fused-ring (bicyclic) bond motifs is 2. The Morgan fingerprint density at radius 2 is 1.95 bits per heavy atom. The molecule has 4 heterocycles. The zero-order valence-electron chi connectivity index (χ0n) is 21.7. The van der Waals surface area contributed by atoms with Crippen LogP contribution in [0, 0.1) is 0 Å². The number of nitrogens with zero attached hydrogens (tertiary/aromatic N) is 4. The number of ether oxygens (including phenoxy) is 4. The molecule has 0 aliphatic carbocycles. The summed E-state index contributed by atoms with van der Waals surface area (Å²) in [4.78, 5) is 22.0. The van der Waals surface area contributed by atoms with Gasteiger partial charge in [0.25, 0.3) is 11.1 Å². The van der Waals surface area contributed by atoms with Crippen molar-refractivity contribution < 1.29 is 28.2 Å². The molecule has 0 atom stereocenters. The lowest BCUT2D eigenvalue weighted by atomic mass is 10.2. The van der Waals surface area contributed by atoms with Gasteiger partial charge in [-0.2, -0.15) is 0 Å². The van der Waals surface area contributed by atoms with Crippen molar-refractivity contribution in [1.29, 1.82) is 0 Å². The smallest absolute Gasteiger partial charge is 0.294 e. The van der Waals surface area contributed by atoms with Gasteiger partial charge in [-0.05, 0) is 41.2 Å². The molecule has 0 fully saturated rings. The van der Waals surface area contributed by atoms with Crippen molar-refractivity contribution in [2.75, 3.05) is 26.6 Å². The van der Waals surface area contributed by atoms with Gasteiger partial charge in [0.05, 0.1) is 38.5 Å². The molecule has 202 valence electrons. The molecule has 0 bridgehead atoms. The standard InChI is InChI=1S/C28H23N5O6S/c1-35-19-10-22(20-12-24(39-23(20)11-19)21-14-33-27(31-21)40-28(32-33)37-3)38-15-16-5-4-6-18(9-16)30-26(34)17-7-8-25(36-2)29-13-17/h4-14H,15H2,1-3H3,(H,30,34). The third kappa shape index (κ3) is 4.99. The second kappa shape index (κ2) is 10.6. The van der Waals surface area contributed by atoms with Crippen molar-refractivity contribution in [1.82, 2.24) is 19.6 Å². The number of carbonyl (C=O) groups is 1. The molecule has 0 aliphatic heterocycles. The molecule has 6 aromatic rings. The molecule has 6 rings (SSSR count). The Hall–Kier alpha value is -5.10. The lowest BCUT2D eigenvalue weighted by molar-refractivity contribution is 0.102. The van der Waals surface area contributed by atoms with Crippen LogP contribution in [0.2, 0.25) is 0 Å². The van der Waals surface area contributed by atoms with E-state index < -0.39 is 0 Å². The highest BCUT2D eigenvalue weighted by Gasteiger charge is 2.17. The number of benzene rings is 2. The number of methoxy groups -OCH3 is 3. The van der Waals surface area contributed by atoms with E-state index in [0.717, 1.165) is 10.9 Å². The van der Waals surface area contributed by atoms with Crippen LogP contribution in [0.5, 0.6) is 22.6 Å². The molecule has 0 aliphatic rings.